The molecule has 1 saturated heterocycles. The summed E-state index contributed by atoms with van der Waals surface area (Å²) in [6, 6.07) is 16.9. The number of para-hydroxylation sites is 1. The van der Waals surface area contributed by atoms with Crippen LogP contribution in [0.25, 0.3) is 11.1 Å². The van der Waals surface area contributed by atoms with Crippen LogP contribution in [-0.2, 0) is 17.7 Å². The molecule has 0 saturated carbocycles. The summed E-state index contributed by atoms with van der Waals surface area (Å²) in [4.78, 5) is 29.2. The summed E-state index contributed by atoms with van der Waals surface area (Å²) in [5.41, 5.74) is 4.52. The quantitative estimate of drug-likeness (QED) is 0.325. The largest absolute Gasteiger partial charge is 0.444 e. The topological polar surface area (TPSA) is 61.9 Å². The second-order valence-corrected chi connectivity index (χ2v) is 12.5. The molecule has 0 atom stereocenters. The van der Waals surface area contributed by atoms with E-state index >= 15 is 0 Å². The second-order valence-electron chi connectivity index (χ2n) is 11.3. The van der Waals surface area contributed by atoms with Crippen LogP contribution in [0.1, 0.15) is 44.7 Å². The van der Waals surface area contributed by atoms with Crippen LogP contribution in [0, 0.1) is 5.92 Å². The molecule has 9 heteroatoms. The molecule has 0 unspecified atom stereocenters. The number of fused-ring (bicyclic) bond motifs is 1. The summed E-state index contributed by atoms with van der Waals surface area (Å²) in [6.45, 7) is 7.27. The first-order valence-electron chi connectivity index (χ1n) is 13.4. The van der Waals surface area contributed by atoms with Gasteiger partial charge in [0.1, 0.15) is 5.60 Å². The first-order valence-corrected chi connectivity index (χ1v) is 14.6. The van der Waals surface area contributed by atoms with Crippen molar-refractivity contribution in [1.29, 1.82) is 0 Å². The van der Waals surface area contributed by atoms with Crippen LogP contribution in [0.2, 0.25) is 15.1 Å². The van der Waals surface area contributed by atoms with Gasteiger partial charge in [0.05, 0.1) is 21.4 Å². The first-order chi connectivity index (χ1) is 19.0. The Labute approximate surface area is 250 Å². The number of hydrogen-bond donors (Lipinski definition) is 1. The molecule has 0 spiro atoms. The summed E-state index contributed by atoms with van der Waals surface area (Å²) in [5.74, 6) is 0.366. The van der Waals surface area contributed by atoms with Crippen LogP contribution < -0.4 is 10.2 Å². The maximum atomic E-state index is 13.3. The first kappa shape index (κ1) is 28.6. The van der Waals surface area contributed by atoms with Crippen molar-refractivity contribution in [1.82, 2.24) is 10.2 Å². The lowest BCUT2D eigenvalue weighted by Gasteiger charge is -2.35. The molecule has 0 bridgehead atoms. The van der Waals surface area contributed by atoms with Gasteiger partial charge in [-0.25, -0.2) is 9.59 Å². The Bertz CT molecular complexity index is 1430. The number of carbonyl (C=O) groups excluding carboxylic acids is 2. The second kappa shape index (κ2) is 11.5. The standard InChI is InChI=1S/C31H32Cl3N3O3/c1-31(2,3)40-30(39)36-13-11-19(12-14-36)15-20-16-22(21-7-4-5-8-24(21)32)23-18-35-29(38)37(27(23)17-20)28-25(33)9-6-10-26(28)34/h4-10,16-17,19H,11-15,18H2,1-3H3,(H,35,38). The van der Waals surface area contributed by atoms with E-state index in [1.165, 1.54) is 0 Å². The van der Waals surface area contributed by atoms with Gasteiger partial charge in [0, 0.05) is 35.8 Å². The van der Waals surface area contributed by atoms with Crippen molar-refractivity contribution < 1.29 is 14.3 Å². The van der Waals surface area contributed by atoms with Crippen molar-refractivity contribution in [3.63, 3.8) is 0 Å². The summed E-state index contributed by atoms with van der Waals surface area (Å²) in [6.07, 6.45) is 2.24. The van der Waals surface area contributed by atoms with Gasteiger partial charge in [-0.15, -0.1) is 0 Å². The Kier molecular flexibility index (Phi) is 8.23. The number of piperidine rings is 1. The van der Waals surface area contributed by atoms with Gasteiger partial charge in [-0.2, -0.15) is 0 Å². The van der Waals surface area contributed by atoms with Gasteiger partial charge < -0.3 is 15.0 Å². The van der Waals surface area contributed by atoms with Gasteiger partial charge in [0.25, 0.3) is 0 Å². The predicted molar refractivity (Wildman–Crippen MR) is 162 cm³/mol. The molecule has 2 heterocycles. The van der Waals surface area contributed by atoms with Crippen LogP contribution in [-0.4, -0.2) is 35.7 Å². The van der Waals surface area contributed by atoms with Gasteiger partial charge in [0.15, 0.2) is 0 Å². The van der Waals surface area contributed by atoms with Crippen LogP contribution in [0.3, 0.4) is 0 Å². The van der Waals surface area contributed by atoms with E-state index in [0.717, 1.165) is 47.2 Å². The number of benzene rings is 3. The van der Waals surface area contributed by atoms with Crippen molar-refractivity contribution in [3.8, 4) is 11.1 Å². The average Bonchev–Trinajstić information content (AvgIpc) is 2.89. The zero-order valence-corrected chi connectivity index (χ0v) is 25.0. The third-order valence-electron chi connectivity index (χ3n) is 7.26. The lowest BCUT2D eigenvalue weighted by atomic mass is 9.87. The van der Waals surface area contributed by atoms with Gasteiger partial charge in [-0.05, 0) is 81.3 Å². The number of halogens is 3. The van der Waals surface area contributed by atoms with E-state index in [1.54, 1.807) is 28.0 Å². The minimum absolute atomic E-state index is 0.265. The predicted octanol–water partition coefficient (Wildman–Crippen LogP) is 8.86. The molecule has 210 valence electrons. The molecule has 3 aromatic rings. The number of nitrogens with zero attached hydrogens (tertiary/aromatic N) is 2. The highest BCUT2D eigenvalue weighted by atomic mass is 35.5. The minimum atomic E-state index is -0.519. The van der Waals surface area contributed by atoms with E-state index in [9.17, 15) is 9.59 Å². The fourth-order valence-electron chi connectivity index (χ4n) is 5.39. The molecule has 1 N–H and O–H groups in total. The molecule has 3 aromatic carbocycles. The Balaban J connectivity index is 1.51. The SMILES string of the molecule is CC(C)(C)OC(=O)N1CCC(Cc2cc(-c3ccccc3Cl)c3c(c2)N(c2c(Cl)cccc2Cl)C(=O)NC3)CC1. The van der Waals surface area contributed by atoms with Crippen LogP contribution >= 0.6 is 34.8 Å². The highest BCUT2D eigenvalue weighted by molar-refractivity contribution is 6.40. The molecule has 0 aliphatic carbocycles. The molecule has 1 fully saturated rings. The van der Waals surface area contributed by atoms with Gasteiger partial charge in [-0.1, -0.05) is 65.1 Å². The van der Waals surface area contributed by atoms with Crippen molar-refractivity contribution >= 4 is 58.3 Å². The summed E-state index contributed by atoms with van der Waals surface area (Å²) in [7, 11) is 0. The Morgan fingerprint density at radius 3 is 2.25 bits per heavy atom. The summed E-state index contributed by atoms with van der Waals surface area (Å²) < 4.78 is 5.56. The van der Waals surface area contributed by atoms with Crippen molar-refractivity contribution in [2.75, 3.05) is 18.0 Å². The monoisotopic (exact) mass is 599 g/mol. The number of carbonyl (C=O) groups is 2. The van der Waals surface area contributed by atoms with Gasteiger partial charge in [-0.3, -0.25) is 4.90 Å². The molecule has 3 amide bonds. The lowest BCUT2D eigenvalue weighted by molar-refractivity contribution is 0.0184. The Morgan fingerprint density at radius 1 is 0.950 bits per heavy atom. The summed E-state index contributed by atoms with van der Waals surface area (Å²) in [5, 5.41) is 4.38. The molecule has 2 aliphatic heterocycles. The van der Waals surface area contributed by atoms with E-state index in [2.05, 4.69) is 17.4 Å². The maximum absolute atomic E-state index is 13.3. The van der Waals surface area contributed by atoms with E-state index in [0.29, 0.717) is 46.3 Å². The number of likely N-dealkylation sites (tertiary alicyclic amines) is 1. The van der Waals surface area contributed by atoms with E-state index in [1.807, 2.05) is 45.0 Å². The molecule has 0 aromatic heterocycles. The van der Waals surface area contributed by atoms with E-state index < -0.39 is 5.60 Å². The highest BCUT2D eigenvalue weighted by Crippen LogP contribution is 2.45. The molecular formula is C31H32Cl3N3O3. The van der Waals surface area contributed by atoms with E-state index in [4.69, 9.17) is 39.5 Å². The van der Waals surface area contributed by atoms with E-state index in [-0.39, 0.29) is 12.1 Å². The Hall–Kier alpha value is -2.93. The van der Waals surface area contributed by atoms with Crippen LogP contribution in [0.5, 0.6) is 0 Å². The van der Waals surface area contributed by atoms with Gasteiger partial charge in [0.2, 0.25) is 0 Å². The molecule has 40 heavy (non-hydrogen) atoms. The smallest absolute Gasteiger partial charge is 0.410 e. The zero-order valence-electron chi connectivity index (χ0n) is 22.8. The van der Waals surface area contributed by atoms with Crippen LogP contribution in [0.15, 0.2) is 54.6 Å². The maximum Gasteiger partial charge on any atom is 0.410 e. The number of anilines is 2. The van der Waals surface area contributed by atoms with Crippen LogP contribution in [0.4, 0.5) is 21.0 Å². The van der Waals surface area contributed by atoms with Crippen molar-refractivity contribution in [3.05, 3.63) is 80.8 Å². The highest BCUT2D eigenvalue weighted by Gasteiger charge is 2.32. The number of urea groups is 1. The van der Waals surface area contributed by atoms with Crippen molar-refractivity contribution in [2.45, 2.75) is 52.2 Å². The normalized spacial score (nSPS) is 16.0. The van der Waals surface area contributed by atoms with Gasteiger partial charge >= 0.3 is 12.1 Å². The third kappa shape index (κ3) is 6.04. The molecule has 0 radical (unpaired) electrons. The third-order valence-corrected chi connectivity index (χ3v) is 8.20. The zero-order chi connectivity index (χ0) is 28.6. The molecule has 5 rings (SSSR count). The number of nitrogens with one attached hydrogen (secondary N) is 1. The Morgan fingerprint density at radius 2 is 1.60 bits per heavy atom. The molecule has 6 nitrogen and oxygen atoms in total. The average molecular weight is 601 g/mol. The molecular weight excluding hydrogens is 569 g/mol. The lowest BCUT2D eigenvalue weighted by Crippen LogP contribution is -2.42. The number of ether oxygens (including phenoxy) is 1. The number of amides is 3. The van der Waals surface area contributed by atoms with Crippen molar-refractivity contribution in [2.24, 2.45) is 5.92 Å². The fraction of sp³-hybridized carbons (Fsp3) is 0.355. The number of rotatable bonds is 4. The fourth-order valence-corrected chi connectivity index (χ4v) is 6.20. The minimum Gasteiger partial charge on any atom is -0.444 e. The number of hydrogen-bond acceptors (Lipinski definition) is 3. The molecule has 2 aliphatic rings. The summed E-state index contributed by atoms with van der Waals surface area (Å²) >= 11 is 19.8.